The number of hydrogen-bond donors (Lipinski definition) is 3. The lowest BCUT2D eigenvalue weighted by Crippen LogP contribution is -2.55. The van der Waals surface area contributed by atoms with Gasteiger partial charge in [-0.3, -0.25) is 0 Å². The van der Waals surface area contributed by atoms with E-state index in [0.717, 1.165) is 24.4 Å². The van der Waals surface area contributed by atoms with E-state index in [1.165, 1.54) is 44.2 Å². The zero-order valence-corrected chi connectivity index (χ0v) is 12.7. The molecule has 0 aromatic carbocycles. The fourth-order valence-electron chi connectivity index (χ4n) is 5.24. The Morgan fingerprint density at radius 3 is 3.00 bits per heavy atom. The summed E-state index contributed by atoms with van der Waals surface area (Å²) in [5, 5.41) is 7.50. The van der Waals surface area contributed by atoms with Gasteiger partial charge in [-0.05, 0) is 37.5 Å². The molecule has 4 rings (SSSR count). The summed E-state index contributed by atoms with van der Waals surface area (Å²) in [5.74, 6) is 2.28. The Bertz CT molecular complexity index is 436. The fraction of sp³-hybridized carbons (Fsp3) is 0.765. The Hall–Kier alpha value is -1.00. The van der Waals surface area contributed by atoms with Gasteiger partial charge in [-0.25, -0.2) is 0 Å². The predicted molar refractivity (Wildman–Crippen MR) is 83.2 cm³/mol. The minimum absolute atomic E-state index is 0.441. The monoisotopic (exact) mass is 289 g/mol. The third-order valence-electron chi connectivity index (χ3n) is 6.08. The van der Waals surface area contributed by atoms with Crippen molar-refractivity contribution < 1.29 is 4.84 Å². The molecule has 21 heavy (non-hydrogen) atoms. The second-order valence-corrected chi connectivity index (χ2v) is 7.10. The zero-order chi connectivity index (χ0) is 14.2. The Labute approximate surface area is 127 Å². The minimum atomic E-state index is 0.441. The highest BCUT2D eigenvalue weighted by Crippen LogP contribution is 2.47. The average Bonchev–Trinajstić information content (AvgIpc) is 2.91. The molecule has 0 aromatic rings. The van der Waals surface area contributed by atoms with E-state index in [2.05, 4.69) is 22.7 Å². The van der Waals surface area contributed by atoms with E-state index in [1.807, 2.05) is 12.3 Å². The minimum Gasteiger partial charge on any atom is -0.414 e. The van der Waals surface area contributed by atoms with Crippen molar-refractivity contribution in [3.63, 3.8) is 0 Å². The Kier molecular flexibility index (Phi) is 3.67. The first-order chi connectivity index (χ1) is 10.4. The van der Waals surface area contributed by atoms with Crippen LogP contribution in [0.25, 0.3) is 0 Å². The second kappa shape index (κ2) is 5.65. The molecule has 3 N–H and O–H groups in total. The van der Waals surface area contributed by atoms with E-state index in [9.17, 15) is 0 Å². The molecule has 1 saturated heterocycles. The molecule has 4 nitrogen and oxygen atoms in total. The van der Waals surface area contributed by atoms with Crippen molar-refractivity contribution in [2.24, 2.45) is 17.8 Å². The topological polar surface area (TPSA) is 45.3 Å². The summed E-state index contributed by atoms with van der Waals surface area (Å²) in [6.07, 6.45) is 12.0. The number of hydroxylamine groups is 1. The number of nitrogens with one attached hydrogen (secondary N) is 3. The molecule has 4 heteroatoms. The lowest BCUT2D eigenvalue weighted by Gasteiger charge is -2.44. The third-order valence-corrected chi connectivity index (χ3v) is 6.08. The van der Waals surface area contributed by atoms with Crippen LogP contribution in [-0.4, -0.2) is 24.7 Å². The van der Waals surface area contributed by atoms with Gasteiger partial charge in [0.15, 0.2) is 0 Å². The number of hydrogen-bond acceptors (Lipinski definition) is 4. The zero-order valence-electron chi connectivity index (χ0n) is 12.7. The van der Waals surface area contributed by atoms with Gasteiger partial charge >= 0.3 is 0 Å². The van der Waals surface area contributed by atoms with Crippen molar-refractivity contribution in [1.29, 1.82) is 0 Å². The predicted octanol–water partition coefficient (Wildman–Crippen LogP) is 2.06. The first-order valence-corrected chi connectivity index (χ1v) is 8.60. The van der Waals surface area contributed by atoms with E-state index in [0.29, 0.717) is 18.0 Å². The highest BCUT2D eigenvalue weighted by molar-refractivity contribution is 5.18. The van der Waals surface area contributed by atoms with Crippen LogP contribution in [0.3, 0.4) is 0 Å². The highest BCUT2D eigenvalue weighted by Gasteiger charge is 2.52. The quantitative estimate of drug-likeness (QED) is 0.696. The molecule has 2 heterocycles. The lowest BCUT2D eigenvalue weighted by molar-refractivity contribution is 0.0165. The van der Waals surface area contributed by atoms with Crippen LogP contribution in [0.4, 0.5) is 0 Å². The summed E-state index contributed by atoms with van der Waals surface area (Å²) in [6, 6.07) is 1.81. The van der Waals surface area contributed by atoms with Gasteiger partial charge in [-0.2, -0.15) is 5.48 Å². The van der Waals surface area contributed by atoms with Crippen molar-refractivity contribution in [2.75, 3.05) is 6.54 Å². The molecule has 3 fully saturated rings. The average molecular weight is 289 g/mol. The largest absolute Gasteiger partial charge is 0.414 e. The molecule has 116 valence electrons. The molecule has 0 aromatic heterocycles. The smallest absolute Gasteiger partial charge is 0.130 e. The first-order valence-electron chi connectivity index (χ1n) is 8.60. The van der Waals surface area contributed by atoms with Crippen molar-refractivity contribution in [3.8, 4) is 0 Å². The van der Waals surface area contributed by atoms with E-state index < -0.39 is 0 Å². The summed E-state index contributed by atoms with van der Waals surface area (Å²) >= 11 is 0. The van der Waals surface area contributed by atoms with Crippen LogP contribution >= 0.6 is 0 Å². The van der Waals surface area contributed by atoms with Crippen LogP contribution < -0.4 is 16.1 Å². The molecule has 0 radical (unpaired) electrons. The van der Waals surface area contributed by atoms with Gasteiger partial charge in [0.05, 0.1) is 11.7 Å². The molecule has 0 spiro atoms. The van der Waals surface area contributed by atoms with E-state index in [4.69, 9.17) is 4.84 Å². The van der Waals surface area contributed by atoms with E-state index in [-0.39, 0.29) is 0 Å². The highest BCUT2D eigenvalue weighted by atomic mass is 16.6. The van der Waals surface area contributed by atoms with Gasteiger partial charge in [0.1, 0.15) is 6.26 Å². The molecule has 2 saturated carbocycles. The standard InChI is InChI=1S/C17H27N3O/c1-2-9-18-15-10-21-20-14-8-7-12-11-5-3-4-6-13(11)19-17(12)16(14)15/h2,10-14,16-20H,1,3-9H2. The maximum Gasteiger partial charge on any atom is 0.130 e. The van der Waals surface area contributed by atoms with Crippen LogP contribution in [0, 0.1) is 17.8 Å². The molecule has 6 unspecified atom stereocenters. The summed E-state index contributed by atoms with van der Waals surface area (Å²) in [4.78, 5) is 5.48. The maximum absolute atomic E-state index is 5.48. The van der Waals surface area contributed by atoms with Crippen molar-refractivity contribution >= 4 is 0 Å². The number of rotatable bonds is 3. The van der Waals surface area contributed by atoms with E-state index in [1.54, 1.807) is 0 Å². The van der Waals surface area contributed by atoms with Crippen molar-refractivity contribution in [1.82, 2.24) is 16.1 Å². The van der Waals surface area contributed by atoms with Crippen LogP contribution in [0.2, 0.25) is 0 Å². The molecule has 4 aliphatic rings. The second-order valence-electron chi connectivity index (χ2n) is 7.10. The van der Waals surface area contributed by atoms with Gasteiger partial charge in [0, 0.05) is 24.5 Å². The summed E-state index contributed by atoms with van der Waals surface area (Å²) in [5.41, 5.74) is 4.49. The molecule has 0 bridgehead atoms. The van der Waals surface area contributed by atoms with Gasteiger partial charge in [0.25, 0.3) is 0 Å². The lowest BCUT2D eigenvalue weighted by atomic mass is 9.68. The van der Waals surface area contributed by atoms with Gasteiger partial charge in [0.2, 0.25) is 0 Å². The van der Waals surface area contributed by atoms with Crippen LogP contribution in [0.15, 0.2) is 24.6 Å². The first kappa shape index (κ1) is 13.6. The Morgan fingerprint density at radius 2 is 2.10 bits per heavy atom. The third kappa shape index (κ3) is 2.29. The Balaban J connectivity index is 1.57. The normalized spacial score (nSPS) is 44.7. The van der Waals surface area contributed by atoms with Crippen LogP contribution in [0.1, 0.15) is 38.5 Å². The van der Waals surface area contributed by atoms with Crippen LogP contribution in [0.5, 0.6) is 0 Å². The molecule has 2 aliphatic heterocycles. The Morgan fingerprint density at radius 1 is 1.19 bits per heavy atom. The summed E-state index contributed by atoms with van der Waals surface area (Å²) in [6.45, 7) is 4.62. The molecule has 0 amide bonds. The SMILES string of the molecule is C=CCNC1=CONC2CCC3C4CCCCC4NC3C12. The summed E-state index contributed by atoms with van der Waals surface area (Å²) in [7, 11) is 0. The summed E-state index contributed by atoms with van der Waals surface area (Å²) < 4.78 is 0. The molecular weight excluding hydrogens is 262 g/mol. The number of fused-ring (bicyclic) bond motifs is 5. The van der Waals surface area contributed by atoms with Gasteiger partial charge < -0.3 is 15.5 Å². The van der Waals surface area contributed by atoms with E-state index >= 15 is 0 Å². The maximum atomic E-state index is 5.48. The molecule has 2 aliphatic carbocycles. The van der Waals surface area contributed by atoms with Crippen LogP contribution in [-0.2, 0) is 4.84 Å². The van der Waals surface area contributed by atoms with Gasteiger partial charge in [-0.1, -0.05) is 18.9 Å². The molecule has 6 atom stereocenters. The van der Waals surface area contributed by atoms with Crippen molar-refractivity contribution in [3.05, 3.63) is 24.6 Å². The fourth-order valence-corrected chi connectivity index (χ4v) is 5.24. The molecular formula is C17H27N3O. The van der Waals surface area contributed by atoms with Gasteiger partial charge in [-0.15, -0.1) is 6.58 Å². The van der Waals surface area contributed by atoms with Crippen molar-refractivity contribution in [2.45, 2.75) is 56.7 Å².